The Morgan fingerprint density at radius 1 is 1.26 bits per heavy atom. The number of aromatic nitrogens is 5. The highest BCUT2D eigenvalue weighted by molar-refractivity contribution is 5.79. The molecule has 0 aliphatic carbocycles. The first-order chi connectivity index (χ1) is 14.6. The first-order valence-corrected chi connectivity index (χ1v) is 10.4. The zero-order valence-corrected chi connectivity index (χ0v) is 17.7. The molecule has 31 heavy (non-hydrogen) atoms. The summed E-state index contributed by atoms with van der Waals surface area (Å²) in [4.78, 5) is 14.9. The van der Waals surface area contributed by atoms with Crippen molar-refractivity contribution < 1.29 is 18.0 Å². The fourth-order valence-electron chi connectivity index (χ4n) is 4.25. The number of carbonyl (C=O) groups excluding carboxylic acids is 1. The summed E-state index contributed by atoms with van der Waals surface area (Å²) in [5, 5.41) is 12.5. The van der Waals surface area contributed by atoms with Gasteiger partial charge in [0.25, 0.3) is 0 Å². The molecule has 1 saturated heterocycles. The van der Waals surface area contributed by atoms with Crippen molar-refractivity contribution in [2.45, 2.75) is 52.4 Å². The molecule has 2 unspecified atom stereocenters. The van der Waals surface area contributed by atoms with Gasteiger partial charge in [0, 0.05) is 18.8 Å². The second-order valence-electron chi connectivity index (χ2n) is 8.33. The van der Waals surface area contributed by atoms with E-state index in [9.17, 15) is 18.0 Å². The number of nitrogens with zero attached hydrogens (tertiary/aromatic N) is 6. The number of fused-ring (bicyclic) bond motifs is 1. The van der Waals surface area contributed by atoms with Crippen molar-refractivity contribution >= 4 is 16.9 Å². The molecule has 0 N–H and O–H groups in total. The van der Waals surface area contributed by atoms with Crippen LogP contribution in [0.15, 0.2) is 24.3 Å². The van der Waals surface area contributed by atoms with Crippen molar-refractivity contribution in [2.24, 2.45) is 5.92 Å². The predicted molar refractivity (Wildman–Crippen MR) is 108 cm³/mol. The maximum absolute atomic E-state index is 13.1. The lowest BCUT2D eigenvalue weighted by Crippen LogP contribution is -2.44. The molecule has 1 amide bonds. The van der Waals surface area contributed by atoms with Crippen LogP contribution >= 0.6 is 0 Å². The van der Waals surface area contributed by atoms with Crippen molar-refractivity contribution in [3.05, 3.63) is 41.2 Å². The summed E-state index contributed by atoms with van der Waals surface area (Å²) < 4.78 is 42.4. The number of carbonyl (C=O) groups is 1. The van der Waals surface area contributed by atoms with Crippen molar-refractivity contribution in [3.63, 3.8) is 0 Å². The highest BCUT2D eigenvalue weighted by Gasteiger charge is 2.32. The Morgan fingerprint density at radius 3 is 2.71 bits per heavy atom. The molecule has 7 nitrogen and oxygen atoms in total. The summed E-state index contributed by atoms with van der Waals surface area (Å²) in [6.07, 6.45) is -2.84. The molecule has 3 heterocycles. The molecule has 0 radical (unpaired) electrons. The molecule has 1 aliphatic rings. The highest BCUT2D eigenvalue weighted by atomic mass is 19.4. The zero-order valence-electron chi connectivity index (χ0n) is 17.7. The maximum atomic E-state index is 13.1. The van der Waals surface area contributed by atoms with E-state index in [2.05, 4.69) is 15.4 Å². The van der Waals surface area contributed by atoms with E-state index in [4.69, 9.17) is 0 Å². The summed E-state index contributed by atoms with van der Waals surface area (Å²) in [5.74, 6) is -0.195. The van der Waals surface area contributed by atoms with Crippen LogP contribution in [0.3, 0.4) is 0 Å². The van der Waals surface area contributed by atoms with Gasteiger partial charge in [-0.3, -0.25) is 9.48 Å². The van der Waals surface area contributed by atoms with Gasteiger partial charge in [-0.1, -0.05) is 12.1 Å². The average Bonchev–Trinajstić information content (AvgIpc) is 3.28. The number of halogens is 3. The van der Waals surface area contributed by atoms with E-state index in [0.717, 1.165) is 36.4 Å². The lowest BCUT2D eigenvalue weighted by molar-refractivity contribution is -0.138. The van der Waals surface area contributed by atoms with Crippen LogP contribution in [-0.2, 0) is 17.5 Å². The zero-order chi connectivity index (χ0) is 22.3. The van der Waals surface area contributed by atoms with E-state index in [-0.39, 0.29) is 23.4 Å². The van der Waals surface area contributed by atoms with Gasteiger partial charge in [-0.2, -0.15) is 18.3 Å². The van der Waals surface area contributed by atoms with Gasteiger partial charge in [-0.15, -0.1) is 5.10 Å². The van der Waals surface area contributed by atoms with Crippen LogP contribution in [0.25, 0.3) is 11.0 Å². The Balaban J connectivity index is 1.49. The normalized spacial score (nSPS) is 18.5. The largest absolute Gasteiger partial charge is 0.416 e. The first-order valence-electron chi connectivity index (χ1n) is 10.4. The topological polar surface area (TPSA) is 68.8 Å². The Kier molecular flexibility index (Phi) is 5.49. The van der Waals surface area contributed by atoms with Crippen LogP contribution in [0.4, 0.5) is 13.2 Å². The van der Waals surface area contributed by atoms with Crippen molar-refractivity contribution in [1.82, 2.24) is 29.7 Å². The Morgan fingerprint density at radius 2 is 2.03 bits per heavy atom. The maximum Gasteiger partial charge on any atom is 0.416 e. The minimum Gasteiger partial charge on any atom is -0.340 e. The molecule has 10 heteroatoms. The van der Waals surface area contributed by atoms with Crippen LogP contribution < -0.4 is 0 Å². The van der Waals surface area contributed by atoms with Gasteiger partial charge >= 0.3 is 6.18 Å². The van der Waals surface area contributed by atoms with E-state index in [1.807, 2.05) is 36.4 Å². The summed E-state index contributed by atoms with van der Waals surface area (Å²) in [5.41, 5.74) is 1.94. The summed E-state index contributed by atoms with van der Waals surface area (Å²) in [7, 11) is 0. The Labute approximate surface area is 177 Å². The molecule has 1 aliphatic heterocycles. The molecule has 166 valence electrons. The van der Waals surface area contributed by atoms with Gasteiger partial charge in [-0.25, -0.2) is 4.68 Å². The molecule has 1 fully saturated rings. The Hall–Kier alpha value is -2.91. The third-order valence-corrected chi connectivity index (χ3v) is 5.82. The van der Waals surface area contributed by atoms with Gasteiger partial charge in [0.05, 0.1) is 35.3 Å². The number of aryl methyl sites for hydroxylation is 2. The smallest absolute Gasteiger partial charge is 0.340 e. The number of rotatable bonds is 4. The predicted octanol–water partition coefficient (Wildman–Crippen LogP) is 3.76. The minimum atomic E-state index is -4.42. The second kappa shape index (κ2) is 7.97. The van der Waals surface area contributed by atoms with Gasteiger partial charge in [0.2, 0.25) is 5.91 Å². The van der Waals surface area contributed by atoms with Crippen molar-refractivity contribution in [3.8, 4) is 0 Å². The molecule has 1 aromatic carbocycles. The van der Waals surface area contributed by atoms with Gasteiger partial charge in [-0.05, 0) is 51.0 Å². The average molecular weight is 434 g/mol. The molecule has 3 aromatic rings. The summed E-state index contributed by atoms with van der Waals surface area (Å²) in [6, 6.07) is 5.32. The number of piperidine rings is 1. The first kappa shape index (κ1) is 21.3. The fourth-order valence-corrected chi connectivity index (χ4v) is 4.25. The van der Waals surface area contributed by atoms with Gasteiger partial charge in [0.1, 0.15) is 5.52 Å². The highest BCUT2D eigenvalue weighted by Crippen LogP contribution is 2.32. The molecule has 0 saturated carbocycles. The lowest BCUT2D eigenvalue weighted by atomic mass is 10.0. The van der Waals surface area contributed by atoms with E-state index >= 15 is 0 Å². The quantitative estimate of drug-likeness (QED) is 0.627. The lowest BCUT2D eigenvalue weighted by Gasteiger charge is -2.34. The number of likely N-dealkylation sites (tertiary alicyclic amines) is 1. The van der Waals surface area contributed by atoms with E-state index in [0.29, 0.717) is 25.2 Å². The van der Waals surface area contributed by atoms with E-state index in [1.165, 1.54) is 6.07 Å². The third kappa shape index (κ3) is 4.28. The molecule has 2 atom stereocenters. The molecule has 0 bridgehead atoms. The molecule has 2 aromatic heterocycles. The summed E-state index contributed by atoms with van der Waals surface area (Å²) in [6.45, 7) is 7.40. The number of benzene rings is 1. The standard InChI is InChI=1S/C21H25F3N6O/c1-13(11-29-15(3)9-14(2)26-29)20(31)28-8-4-5-17(12-28)30-19-7-6-16(21(22,23)24)10-18(19)25-27-30/h6-7,9-10,13,17H,4-5,8,11-12H2,1-3H3. The molecule has 4 rings (SSSR count). The number of alkyl halides is 3. The number of hydrogen-bond acceptors (Lipinski definition) is 4. The van der Waals surface area contributed by atoms with Crippen LogP contribution in [-0.4, -0.2) is 48.7 Å². The monoisotopic (exact) mass is 434 g/mol. The summed E-state index contributed by atoms with van der Waals surface area (Å²) >= 11 is 0. The van der Waals surface area contributed by atoms with Crippen LogP contribution in [0, 0.1) is 19.8 Å². The van der Waals surface area contributed by atoms with Gasteiger partial charge in [0.15, 0.2) is 0 Å². The fraction of sp³-hybridized carbons (Fsp3) is 0.524. The number of hydrogen-bond donors (Lipinski definition) is 0. The van der Waals surface area contributed by atoms with Gasteiger partial charge < -0.3 is 4.90 Å². The SMILES string of the molecule is Cc1cc(C)n(CC(C)C(=O)N2CCCC(n3nnc4cc(C(F)(F)F)ccc43)C2)n1. The third-order valence-electron chi connectivity index (χ3n) is 5.82. The van der Waals surface area contributed by atoms with Crippen LogP contribution in [0.5, 0.6) is 0 Å². The molecule has 0 spiro atoms. The van der Waals surface area contributed by atoms with E-state index < -0.39 is 11.7 Å². The molecular weight excluding hydrogens is 409 g/mol. The second-order valence-corrected chi connectivity index (χ2v) is 8.33. The van der Waals surface area contributed by atoms with E-state index in [1.54, 1.807) is 4.68 Å². The van der Waals surface area contributed by atoms with Crippen molar-refractivity contribution in [1.29, 1.82) is 0 Å². The molecular formula is C21H25F3N6O. The minimum absolute atomic E-state index is 0.0426. The number of amides is 1. The Bertz CT molecular complexity index is 1100. The van der Waals surface area contributed by atoms with Crippen LogP contribution in [0.2, 0.25) is 0 Å². The van der Waals surface area contributed by atoms with Crippen molar-refractivity contribution in [2.75, 3.05) is 13.1 Å². The van der Waals surface area contributed by atoms with Crippen LogP contribution in [0.1, 0.15) is 42.8 Å².